The molecule has 0 saturated heterocycles. The molecule has 0 atom stereocenters. The Morgan fingerprint density at radius 2 is 1.88 bits per heavy atom. The van der Waals surface area contributed by atoms with Gasteiger partial charge in [-0.3, -0.25) is 0 Å². The highest BCUT2D eigenvalue weighted by Gasteiger charge is 2.36. The normalized spacial score (nSPS) is 15.4. The van der Waals surface area contributed by atoms with Gasteiger partial charge >= 0.3 is 0 Å². The molecular weight excluding hydrogens is 328 g/mol. The molecule has 25 heavy (non-hydrogen) atoms. The minimum atomic E-state index is -1.66. The first-order chi connectivity index (χ1) is 11.4. The number of anilines is 2. The molecule has 1 aliphatic rings. The summed E-state index contributed by atoms with van der Waals surface area (Å²) >= 11 is 0. The Morgan fingerprint density at radius 1 is 1.20 bits per heavy atom. The molecule has 0 aliphatic carbocycles. The second-order valence-corrected chi connectivity index (χ2v) is 14.2. The summed E-state index contributed by atoms with van der Waals surface area (Å²) in [5, 5.41) is 13.8. The van der Waals surface area contributed by atoms with Crippen molar-refractivity contribution in [3.63, 3.8) is 0 Å². The Hall–Kier alpha value is -1.04. The molecule has 1 aliphatic heterocycles. The minimum absolute atomic E-state index is 0.254. The van der Waals surface area contributed by atoms with E-state index in [4.69, 9.17) is 4.43 Å². The lowest BCUT2D eigenvalue weighted by Gasteiger charge is -2.36. The van der Waals surface area contributed by atoms with Crippen LogP contribution in [0.4, 0.5) is 11.4 Å². The third-order valence-electron chi connectivity index (χ3n) is 5.35. The Labute approximate surface area is 154 Å². The lowest BCUT2D eigenvalue weighted by molar-refractivity contribution is 0.0878. The van der Waals surface area contributed by atoms with Crippen LogP contribution in [0.5, 0.6) is 0 Å². The fraction of sp³-hybridized carbons (Fsp3) is 0.700. The second kappa shape index (κ2) is 7.29. The van der Waals surface area contributed by atoms with Crippen LogP contribution in [-0.2, 0) is 10.8 Å². The molecule has 0 radical (unpaired) electrons. The van der Waals surface area contributed by atoms with Crippen molar-refractivity contribution < 1.29 is 9.53 Å². The molecule has 4 nitrogen and oxygen atoms in total. The van der Waals surface area contributed by atoms with Crippen LogP contribution in [0.25, 0.3) is 0 Å². The van der Waals surface area contributed by atoms with Gasteiger partial charge < -0.3 is 19.7 Å². The molecular formula is C20H36N2O2Si. The Morgan fingerprint density at radius 3 is 2.48 bits per heavy atom. The van der Waals surface area contributed by atoms with Crippen LogP contribution in [0, 0.1) is 0 Å². The first-order valence-corrected chi connectivity index (χ1v) is 12.3. The number of benzene rings is 1. The minimum Gasteiger partial charge on any atom is -0.415 e. The fourth-order valence-corrected chi connectivity index (χ4v) is 3.97. The van der Waals surface area contributed by atoms with E-state index in [0.29, 0.717) is 6.54 Å². The third kappa shape index (κ3) is 5.46. The predicted octanol–water partition coefficient (Wildman–Crippen LogP) is 4.25. The van der Waals surface area contributed by atoms with Crippen molar-refractivity contribution in [2.75, 3.05) is 36.5 Å². The van der Waals surface area contributed by atoms with E-state index in [1.54, 1.807) is 0 Å². The molecule has 5 heteroatoms. The number of aliphatic hydroxyl groups is 1. The van der Waals surface area contributed by atoms with Crippen LogP contribution in [-0.4, -0.2) is 45.3 Å². The summed E-state index contributed by atoms with van der Waals surface area (Å²) in [6.45, 7) is 18.4. The highest BCUT2D eigenvalue weighted by atomic mass is 28.4. The number of β-amino-alcohol motifs (C(OH)–C–C–N with tert-alkyl or cyclic N) is 1. The first kappa shape index (κ1) is 20.3. The van der Waals surface area contributed by atoms with Crippen molar-refractivity contribution in [1.82, 2.24) is 0 Å². The smallest absolute Gasteiger partial charge is 0.192 e. The SMILES string of the molecule is CC(C)(O)CN1CCc2cc(NCCO[Si](C)(C)C(C)(C)C)ccc21. The highest BCUT2D eigenvalue weighted by molar-refractivity contribution is 6.74. The average molecular weight is 365 g/mol. The summed E-state index contributed by atoms with van der Waals surface area (Å²) in [6, 6.07) is 6.55. The molecule has 0 amide bonds. The molecule has 0 bridgehead atoms. The van der Waals surface area contributed by atoms with Gasteiger partial charge in [-0.2, -0.15) is 0 Å². The lowest BCUT2D eigenvalue weighted by Crippen LogP contribution is -2.41. The summed E-state index contributed by atoms with van der Waals surface area (Å²) in [5.74, 6) is 0. The largest absolute Gasteiger partial charge is 0.415 e. The van der Waals surface area contributed by atoms with Gasteiger partial charge in [0.1, 0.15) is 0 Å². The van der Waals surface area contributed by atoms with Gasteiger partial charge in [0.25, 0.3) is 0 Å². The van der Waals surface area contributed by atoms with Crippen LogP contribution in [0.3, 0.4) is 0 Å². The van der Waals surface area contributed by atoms with E-state index in [9.17, 15) is 5.11 Å². The van der Waals surface area contributed by atoms with Crippen molar-refractivity contribution in [2.24, 2.45) is 0 Å². The summed E-state index contributed by atoms with van der Waals surface area (Å²) in [6.07, 6.45) is 1.04. The molecule has 0 fully saturated rings. The van der Waals surface area contributed by atoms with Gasteiger partial charge in [0.05, 0.1) is 12.2 Å². The number of nitrogens with one attached hydrogen (secondary N) is 1. The van der Waals surface area contributed by atoms with Crippen LogP contribution in [0.2, 0.25) is 18.1 Å². The van der Waals surface area contributed by atoms with E-state index in [-0.39, 0.29) is 5.04 Å². The summed E-state index contributed by atoms with van der Waals surface area (Å²) in [7, 11) is -1.66. The summed E-state index contributed by atoms with van der Waals surface area (Å²) in [5.41, 5.74) is 3.10. The van der Waals surface area contributed by atoms with Gasteiger partial charge in [-0.05, 0) is 62.2 Å². The lowest BCUT2D eigenvalue weighted by atomic mass is 10.1. The molecule has 0 unspecified atom stereocenters. The van der Waals surface area contributed by atoms with Gasteiger partial charge in [0, 0.05) is 31.0 Å². The van der Waals surface area contributed by atoms with Gasteiger partial charge in [-0.1, -0.05) is 20.8 Å². The number of fused-ring (bicyclic) bond motifs is 1. The van der Waals surface area contributed by atoms with Crippen molar-refractivity contribution in [1.29, 1.82) is 0 Å². The van der Waals surface area contributed by atoms with Crippen molar-refractivity contribution in [3.8, 4) is 0 Å². The topological polar surface area (TPSA) is 44.7 Å². The quantitative estimate of drug-likeness (QED) is 0.561. The fourth-order valence-electron chi connectivity index (χ4n) is 2.93. The molecule has 1 aromatic rings. The van der Waals surface area contributed by atoms with Crippen LogP contribution >= 0.6 is 0 Å². The summed E-state index contributed by atoms with van der Waals surface area (Å²) < 4.78 is 6.22. The van der Waals surface area contributed by atoms with Crippen LogP contribution in [0.1, 0.15) is 40.2 Å². The Kier molecular flexibility index (Phi) is 5.91. The number of rotatable bonds is 7. The van der Waals surface area contributed by atoms with E-state index in [2.05, 4.69) is 62.3 Å². The zero-order chi connectivity index (χ0) is 18.9. The Balaban J connectivity index is 1.88. The molecule has 1 heterocycles. The second-order valence-electron chi connectivity index (χ2n) is 9.36. The van der Waals surface area contributed by atoms with Gasteiger partial charge in [-0.25, -0.2) is 0 Å². The zero-order valence-corrected chi connectivity index (χ0v) is 18.1. The third-order valence-corrected chi connectivity index (χ3v) is 9.89. The molecule has 1 aromatic carbocycles. The zero-order valence-electron chi connectivity index (χ0n) is 17.1. The highest BCUT2D eigenvalue weighted by Crippen LogP contribution is 2.36. The standard InChI is InChI=1S/C20H36N2O2Si/c1-19(2,3)25(6,7)24-13-11-21-17-8-9-18-16(14-17)10-12-22(18)15-20(4,5)23/h8-9,14,21,23H,10-13,15H2,1-7H3. The maximum atomic E-state index is 10.1. The first-order valence-electron chi connectivity index (χ1n) is 9.37. The number of hydrogen-bond acceptors (Lipinski definition) is 4. The molecule has 0 spiro atoms. The maximum Gasteiger partial charge on any atom is 0.192 e. The van der Waals surface area contributed by atoms with Crippen LogP contribution in [0.15, 0.2) is 18.2 Å². The van der Waals surface area contributed by atoms with Gasteiger partial charge in [0.15, 0.2) is 8.32 Å². The monoisotopic (exact) mass is 364 g/mol. The van der Waals surface area contributed by atoms with Crippen molar-refractivity contribution >= 4 is 19.7 Å². The predicted molar refractivity (Wildman–Crippen MR) is 110 cm³/mol. The van der Waals surface area contributed by atoms with E-state index in [0.717, 1.165) is 31.8 Å². The van der Waals surface area contributed by atoms with E-state index in [1.165, 1.54) is 11.3 Å². The number of hydrogen-bond donors (Lipinski definition) is 2. The van der Waals surface area contributed by atoms with Gasteiger partial charge in [-0.15, -0.1) is 0 Å². The molecule has 0 saturated carbocycles. The molecule has 0 aromatic heterocycles. The van der Waals surface area contributed by atoms with Crippen molar-refractivity contribution in [3.05, 3.63) is 23.8 Å². The Bertz CT molecular complexity index is 588. The van der Waals surface area contributed by atoms with Crippen molar-refractivity contribution in [2.45, 2.75) is 64.8 Å². The van der Waals surface area contributed by atoms with E-state index >= 15 is 0 Å². The van der Waals surface area contributed by atoms with Crippen LogP contribution < -0.4 is 10.2 Å². The number of nitrogens with zero attached hydrogens (tertiary/aromatic N) is 1. The van der Waals surface area contributed by atoms with E-state index < -0.39 is 13.9 Å². The average Bonchev–Trinajstić information content (AvgIpc) is 2.83. The van der Waals surface area contributed by atoms with Gasteiger partial charge in [0.2, 0.25) is 0 Å². The summed E-state index contributed by atoms with van der Waals surface area (Å²) in [4.78, 5) is 2.28. The molecule has 2 N–H and O–H groups in total. The maximum absolute atomic E-state index is 10.1. The molecule has 2 rings (SSSR count). The molecule has 142 valence electrons. The van der Waals surface area contributed by atoms with E-state index in [1.807, 2.05) is 13.8 Å².